The molecule has 0 aliphatic heterocycles. The lowest BCUT2D eigenvalue weighted by atomic mass is 10.3. The molecule has 6 nitrogen and oxygen atoms in total. The lowest BCUT2D eigenvalue weighted by Crippen LogP contribution is -2.15. The Bertz CT molecular complexity index is 391. The average Bonchev–Trinajstić information content (AvgIpc) is 2.49. The van der Waals surface area contributed by atoms with Gasteiger partial charge in [0.25, 0.3) is 0 Å². The Morgan fingerprint density at radius 1 is 1.62 bits per heavy atom. The van der Waals surface area contributed by atoms with Crippen LogP contribution in [0.25, 0.3) is 0 Å². The fraction of sp³-hybridized carbons (Fsp3) is 0.556. The number of aliphatic hydroxyl groups is 2. The van der Waals surface area contributed by atoms with Crippen molar-refractivity contribution in [3.8, 4) is 0 Å². The van der Waals surface area contributed by atoms with Crippen LogP contribution in [0.5, 0.6) is 0 Å². The average molecular weight is 246 g/mol. The number of carboxylic acid groups (broad SMARTS) is 1. The Morgan fingerprint density at radius 3 is 2.75 bits per heavy atom. The van der Waals surface area contributed by atoms with E-state index in [4.69, 9.17) is 10.2 Å². The van der Waals surface area contributed by atoms with E-state index in [0.29, 0.717) is 10.7 Å². The number of aliphatic hydroxyl groups excluding tert-OH is 2. The summed E-state index contributed by atoms with van der Waals surface area (Å²) < 4.78 is 1.47. The minimum atomic E-state index is -1.04. The Balaban J connectivity index is 2.90. The molecule has 0 bridgehead atoms. The van der Waals surface area contributed by atoms with Gasteiger partial charge in [-0.15, -0.1) is 11.8 Å². The van der Waals surface area contributed by atoms with E-state index in [1.54, 1.807) is 14.0 Å². The monoisotopic (exact) mass is 246 g/mol. The molecule has 0 saturated carbocycles. The first-order chi connectivity index (χ1) is 7.47. The van der Waals surface area contributed by atoms with E-state index in [1.807, 2.05) is 0 Å². The Labute approximate surface area is 96.9 Å². The SMILES string of the molecule is Cc1nn(C)c(SCC(O)CO)c1C(=O)O. The standard InChI is InChI=1S/C9H14N2O4S/c1-5-7(9(14)15)8(11(2)10-5)16-4-6(13)3-12/h6,12-13H,3-4H2,1-2H3,(H,14,15). The molecule has 1 atom stereocenters. The van der Waals surface area contributed by atoms with Crippen LogP contribution in [0, 0.1) is 6.92 Å². The zero-order valence-corrected chi connectivity index (χ0v) is 9.86. The minimum absolute atomic E-state index is 0.151. The second-order valence-corrected chi connectivity index (χ2v) is 4.35. The fourth-order valence-electron chi connectivity index (χ4n) is 1.28. The minimum Gasteiger partial charge on any atom is -0.478 e. The normalized spacial score (nSPS) is 12.8. The van der Waals surface area contributed by atoms with Crippen molar-refractivity contribution in [2.45, 2.75) is 18.1 Å². The van der Waals surface area contributed by atoms with Gasteiger partial charge in [-0.1, -0.05) is 0 Å². The van der Waals surface area contributed by atoms with Crippen LogP contribution in [0.3, 0.4) is 0 Å². The van der Waals surface area contributed by atoms with E-state index in [1.165, 1.54) is 16.4 Å². The predicted molar refractivity (Wildman–Crippen MR) is 58.7 cm³/mol. The van der Waals surface area contributed by atoms with E-state index in [0.717, 1.165) is 0 Å². The van der Waals surface area contributed by atoms with Crippen molar-refractivity contribution in [2.75, 3.05) is 12.4 Å². The van der Waals surface area contributed by atoms with Crippen molar-refractivity contribution in [1.82, 2.24) is 9.78 Å². The number of carboxylic acids is 1. The molecular formula is C9H14N2O4S. The van der Waals surface area contributed by atoms with Gasteiger partial charge in [-0.3, -0.25) is 4.68 Å². The van der Waals surface area contributed by atoms with Gasteiger partial charge in [0.05, 0.1) is 18.4 Å². The molecular weight excluding hydrogens is 232 g/mol. The summed E-state index contributed by atoms with van der Waals surface area (Å²) in [6.07, 6.45) is -0.859. The first-order valence-electron chi connectivity index (χ1n) is 4.66. The number of aryl methyl sites for hydroxylation is 2. The van der Waals surface area contributed by atoms with Gasteiger partial charge in [0, 0.05) is 12.8 Å². The third-order valence-electron chi connectivity index (χ3n) is 2.01. The molecule has 0 aromatic carbocycles. The highest BCUT2D eigenvalue weighted by molar-refractivity contribution is 7.99. The number of nitrogens with zero attached hydrogens (tertiary/aromatic N) is 2. The van der Waals surface area contributed by atoms with Gasteiger partial charge < -0.3 is 15.3 Å². The summed E-state index contributed by atoms with van der Waals surface area (Å²) in [6.45, 7) is 1.28. The second-order valence-electron chi connectivity index (χ2n) is 3.34. The number of aromatic nitrogens is 2. The molecule has 0 saturated heterocycles. The molecule has 3 N–H and O–H groups in total. The number of carbonyl (C=O) groups is 1. The molecule has 1 rings (SSSR count). The maximum atomic E-state index is 11.0. The first-order valence-corrected chi connectivity index (χ1v) is 5.64. The van der Waals surface area contributed by atoms with Gasteiger partial charge in [0.1, 0.15) is 10.6 Å². The van der Waals surface area contributed by atoms with Gasteiger partial charge in [-0.25, -0.2) is 4.79 Å². The molecule has 0 aliphatic carbocycles. The molecule has 1 unspecified atom stereocenters. The van der Waals surface area contributed by atoms with Crippen LogP contribution in [-0.2, 0) is 7.05 Å². The van der Waals surface area contributed by atoms with Crippen LogP contribution in [0.15, 0.2) is 5.03 Å². The summed E-state index contributed by atoms with van der Waals surface area (Å²) in [7, 11) is 1.65. The molecule has 0 radical (unpaired) electrons. The molecule has 0 aliphatic rings. The Kier molecular flexibility index (Phi) is 4.34. The highest BCUT2D eigenvalue weighted by Gasteiger charge is 2.20. The van der Waals surface area contributed by atoms with Crippen molar-refractivity contribution in [3.05, 3.63) is 11.3 Å². The molecule has 0 fully saturated rings. The van der Waals surface area contributed by atoms with Gasteiger partial charge in [-0.05, 0) is 6.92 Å². The van der Waals surface area contributed by atoms with Gasteiger partial charge >= 0.3 is 5.97 Å². The van der Waals surface area contributed by atoms with Crippen molar-refractivity contribution in [1.29, 1.82) is 0 Å². The molecule has 7 heteroatoms. The summed E-state index contributed by atoms with van der Waals surface area (Å²) in [4.78, 5) is 11.0. The maximum absolute atomic E-state index is 11.0. The number of aromatic carboxylic acids is 1. The highest BCUT2D eigenvalue weighted by Crippen LogP contribution is 2.25. The van der Waals surface area contributed by atoms with Gasteiger partial charge in [-0.2, -0.15) is 5.10 Å². The van der Waals surface area contributed by atoms with E-state index in [-0.39, 0.29) is 17.9 Å². The molecule has 90 valence electrons. The topological polar surface area (TPSA) is 95.6 Å². The van der Waals surface area contributed by atoms with Crippen LogP contribution < -0.4 is 0 Å². The second kappa shape index (κ2) is 5.33. The van der Waals surface area contributed by atoms with Crippen molar-refractivity contribution in [3.63, 3.8) is 0 Å². The lowest BCUT2D eigenvalue weighted by Gasteiger charge is -2.07. The molecule has 1 aromatic rings. The summed E-state index contributed by atoms with van der Waals surface area (Å²) in [6, 6.07) is 0. The van der Waals surface area contributed by atoms with Crippen LogP contribution in [0.1, 0.15) is 16.1 Å². The zero-order chi connectivity index (χ0) is 12.3. The van der Waals surface area contributed by atoms with Crippen molar-refractivity contribution < 1.29 is 20.1 Å². The van der Waals surface area contributed by atoms with E-state index in [9.17, 15) is 9.90 Å². The predicted octanol–water partition coefficient (Wildman–Crippen LogP) is -0.128. The van der Waals surface area contributed by atoms with Crippen LogP contribution >= 0.6 is 11.8 Å². The number of thioether (sulfide) groups is 1. The first kappa shape index (κ1) is 13.0. The number of hydrogen-bond donors (Lipinski definition) is 3. The van der Waals surface area contributed by atoms with Crippen LogP contribution in [-0.4, -0.2) is 49.5 Å². The Hall–Kier alpha value is -1.05. The van der Waals surface area contributed by atoms with Crippen LogP contribution in [0.2, 0.25) is 0 Å². The van der Waals surface area contributed by atoms with Gasteiger partial charge in [0.15, 0.2) is 0 Å². The molecule has 1 heterocycles. The fourth-order valence-corrected chi connectivity index (χ4v) is 2.34. The number of hydrogen-bond acceptors (Lipinski definition) is 5. The summed E-state index contributed by atoms with van der Waals surface area (Å²) in [5.41, 5.74) is 0.591. The molecule has 1 aromatic heterocycles. The van der Waals surface area contributed by atoms with E-state index < -0.39 is 12.1 Å². The molecule has 16 heavy (non-hydrogen) atoms. The van der Waals surface area contributed by atoms with Crippen molar-refractivity contribution in [2.24, 2.45) is 7.05 Å². The highest BCUT2D eigenvalue weighted by atomic mass is 32.2. The largest absolute Gasteiger partial charge is 0.478 e. The quantitative estimate of drug-likeness (QED) is 0.626. The Morgan fingerprint density at radius 2 is 2.25 bits per heavy atom. The van der Waals surface area contributed by atoms with Crippen LogP contribution in [0.4, 0.5) is 0 Å². The summed E-state index contributed by atoms with van der Waals surface area (Å²) in [5, 5.41) is 31.4. The van der Waals surface area contributed by atoms with E-state index >= 15 is 0 Å². The third kappa shape index (κ3) is 2.75. The van der Waals surface area contributed by atoms with Crippen molar-refractivity contribution >= 4 is 17.7 Å². The molecule has 0 spiro atoms. The molecule has 0 amide bonds. The van der Waals surface area contributed by atoms with Gasteiger partial charge in [0.2, 0.25) is 0 Å². The van der Waals surface area contributed by atoms with E-state index in [2.05, 4.69) is 5.10 Å². The summed E-state index contributed by atoms with van der Waals surface area (Å²) >= 11 is 1.17. The maximum Gasteiger partial charge on any atom is 0.340 e. The summed E-state index contributed by atoms with van der Waals surface area (Å²) in [5.74, 6) is -0.804. The third-order valence-corrected chi connectivity index (χ3v) is 3.30. The lowest BCUT2D eigenvalue weighted by molar-refractivity contribution is 0.0691. The number of rotatable bonds is 5. The zero-order valence-electron chi connectivity index (χ0n) is 9.04. The smallest absolute Gasteiger partial charge is 0.340 e.